The molecule has 3 rings (SSSR count). The molecule has 10 heteroatoms. The highest BCUT2D eigenvalue weighted by Gasteiger charge is 2.28. The first-order valence-corrected chi connectivity index (χ1v) is 16.8. The van der Waals surface area contributed by atoms with E-state index in [-0.39, 0.29) is 11.9 Å². The Balaban J connectivity index is 1.56. The molecular weight excluding hydrogens is 570 g/mol. The molecule has 0 spiro atoms. The number of aryl methyl sites for hydroxylation is 1. The molecule has 1 atom stereocenters. The van der Waals surface area contributed by atoms with Crippen molar-refractivity contribution in [1.29, 1.82) is 0 Å². The summed E-state index contributed by atoms with van der Waals surface area (Å²) in [6.45, 7) is 14.1. The molecule has 45 heavy (non-hydrogen) atoms. The van der Waals surface area contributed by atoms with Crippen molar-refractivity contribution in [2.75, 3.05) is 13.1 Å². The fourth-order valence-corrected chi connectivity index (χ4v) is 5.35. The Hall–Kier alpha value is -3.43. The van der Waals surface area contributed by atoms with Crippen LogP contribution in [0.1, 0.15) is 124 Å². The third kappa shape index (κ3) is 14.0. The second kappa shape index (κ2) is 17.3. The number of unbranched alkanes of at least 4 members (excludes halogenated alkanes) is 7. The molecule has 1 fully saturated rings. The Labute approximate surface area is 269 Å². The number of likely N-dealkylation sites (tertiary alicyclic amines) is 1. The molecule has 1 N–H and O–H groups in total. The lowest BCUT2D eigenvalue weighted by Crippen LogP contribution is -2.50. The van der Waals surface area contributed by atoms with Crippen LogP contribution in [0.5, 0.6) is 0 Å². The lowest BCUT2D eigenvalue weighted by atomic mass is 9.95. The maximum Gasteiger partial charge on any atom is 0.437 e. The highest BCUT2D eigenvalue weighted by Crippen LogP contribution is 2.24. The molecule has 1 saturated heterocycles. The van der Waals surface area contributed by atoms with Crippen LogP contribution < -0.4 is 5.32 Å². The lowest BCUT2D eigenvalue weighted by Gasteiger charge is -2.34. The van der Waals surface area contributed by atoms with Crippen molar-refractivity contribution >= 4 is 18.1 Å². The van der Waals surface area contributed by atoms with Crippen molar-refractivity contribution < 1.29 is 23.6 Å². The predicted molar refractivity (Wildman–Crippen MR) is 177 cm³/mol. The number of ether oxygens (including phenoxy) is 2. The number of benzene rings is 1. The molecule has 1 aromatic carbocycles. The van der Waals surface area contributed by atoms with E-state index < -0.39 is 23.4 Å². The van der Waals surface area contributed by atoms with Crippen LogP contribution in [0.25, 0.3) is 11.4 Å². The highest BCUT2D eigenvalue weighted by molar-refractivity contribution is 5.99. The van der Waals surface area contributed by atoms with E-state index in [4.69, 9.17) is 14.0 Å². The minimum atomic E-state index is -0.777. The highest BCUT2D eigenvalue weighted by atomic mass is 16.6. The molecule has 1 aliphatic rings. The van der Waals surface area contributed by atoms with E-state index in [1.807, 2.05) is 4.90 Å². The van der Waals surface area contributed by atoms with Gasteiger partial charge in [-0.15, -0.1) is 4.99 Å². The Morgan fingerprint density at radius 2 is 1.60 bits per heavy atom. The van der Waals surface area contributed by atoms with Crippen LogP contribution in [0.3, 0.4) is 0 Å². The third-order valence-electron chi connectivity index (χ3n) is 7.48. The lowest BCUT2D eigenvalue weighted by molar-refractivity contribution is 0.0551. The summed E-state index contributed by atoms with van der Waals surface area (Å²) in [6, 6.07) is 8.46. The summed E-state index contributed by atoms with van der Waals surface area (Å²) in [7, 11) is 0. The quantitative estimate of drug-likeness (QED) is 0.142. The number of amides is 2. The van der Waals surface area contributed by atoms with Gasteiger partial charge in [-0.3, -0.25) is 5.32 Å². The Bertz CT molecular complexity index is 1230. The summed E-state index contributed by atoms with van der Waals surface area (Å²) in [4.78, 5) is 35.8. The van der Waals surface area contributed by atoms with Gasteiger partial charge in [0.05, 0.1) is 0 Å². The number of carbonyl (C=O) groups excluding carboxylic acids is 2. The molecule has 10 nitrogen and oxygen atoms in total. The maximum atomic E-state index is 12.6. The maximum absolute atomic E-state index is 12.6. The molecule has 250 valence electrons. The summed E-state index contributed by atoms with van der Waals surface area (Å²) in [6.07, 6.45) is 12.5. The van der Waals surface area contributed by atoms with E-state index in [0.717, 1.165) is 24.8 Å². The second-order valence-corrected chi connectivity index (χ2v) is 14.1. The van der Waals surface area contributed by atoms with Crippen LogP contribution >= 0.6 is 0 Å². The van der Waals surface area contributed by atoms with E-state index in [0.29, 0.717) is 31.2 Å². The first-order chi connectivity index (χ1) is 21.3. The SMILES string of the molecule is CCCCCCCCCCc1ccc(-c2noc(C[C@@H]3CCCN(C(=NC(=O)OC(C)(C)C)NC(=O)OC(C)(C)C)C3)n2)cc1. The van der Waals surface area contributed by atoms with Crippen LogP contribution in [0.15, 0.2) is 33.8 Å². The zero-order valence-corrected chi connectivity index (χ0v) is 28.6. The van der Waals surface area contributed by atoms with Crippen LogP contribution in [0, 0.1) is 5.92 Å². The first kappa shape index (κ1) is 36.0. The monoisotopic (exact) mass is 625 g/mol. The van der Waals surface area contributed by atoms with Crippen LogP contribution in [0.4, 0.5) is 9.59 Å². The van der Waals surface area contributed by atoms with Gasteiger partial charge in [0.25, 0.3) is 0 Å². The number of nitrogens with zero attached hydrogens (tertiary/aromatic N) is 4. The molecule has 2 amide bonds. The van der Waals surface area contributed by atoms with E-state index >= 15 is 0 Å². The topological polar surface area (TPSA) is 119 Å². The fourth-order valence-electron chi connectivity index (χ4n) is 5.35. The first-order valence-electron chi connectivity index (χ1n) is 16.8. The van der Waals surface area contributed by atoms with Crippen molar-refractivity contribution in [3.05, 3.63) is 35.7 Å². The van der Waals surface area contributed by atoms with Gasteiger partial charge < -0.3 is 18.9 Å². The van der Waals surface area contributed by atoms with Gasteiger partial charge in [-0.05, 0) is 78.7 Å². The molecule has 0 unspecified atom stereocenters. The molecule has 0 aliphatic carbocycles. The Morgan fingerprint density at radius 3 is 2.24 bits per heavy atom. The van der Waals surface area contributed by atoms with E-state index in [1.165, 1.54) is 56.9 Å². The van der Waals surface area contributed by atoms with Crippen LogP contribution in [0.2, 0.25) is 0 Å². The normalized spacial score (nSPS) is 16.0. The van der Waals surface area contributed by atoms with Crippen molar-refractivity contribution in [2.24, 2.45) is 10.9 Å². The predicted octanol–water partition coefficient (Wildman–Crippen LogP) is 8.49. The summed E-state index contributed by atoms with van der Waals surface area (Å²) in [5, 5.41) is 6.91. The number of rotatable bonds is 12. The average Bonchev–Trinajstić information content (AvgIpc) is 3.41. The number of hydrogen-bond donors (Lipinski definition) is 1. The van der Waals surface area contributed by atoms with E-state index in [1.54, 1.807) is 41.5 Å². The van der Waals surface area contributed by atoms with Gasteiger partial charge in [0.2, 0.25) is 17.7 Å². The van der Waals surface area contributed by atoms with Crippen molar-refractivity contribution in [3.8, 4) is 11.4 Å². The third-order valence-corrected chi connectivity index (χ3v) is 7.48. The van der Waals surface area contributed by atoms with Gasteiger partial charge in [0.1, 0.15) is 11.2 Å². The van der Waals surface area contributed by atoms with Gasteiger partial charge in [-0.25, -0.2) is 9.59 Å². The van der Waals surface area contributed by atoms with Crippen molar-refractivity contribution in [2.45, 2.75) is 137 Å². The number of carbonyl (C=O) groups is 2. The zero-order chi connectivity index (χ0) is 32.9. The number of guanidine groups is 1. The molecule has 2 aromatic rings. The average molecular weight is 626 g/mol. The van der Waals surface area contributed by atoms with E-state index in [9.17, 15) is 9.59 Å². The smallest absolute Gasteiger partial charge is 0.437 e. The summed E-state index contributed by atoms with van der Waals surface area (Å²) >= 11 is 0. The number of alkyl carbamates (subject to hydrolysis) is 1. The molecular formula is C35H55N5O5. The minimum Gasteiger partial charge on any atom is -0.444 e. The molecule has 0 saturated carbocycles. The molecule has 1 aliphatic heterocycles. The second-order valence-electron chi connectivity index (χ2n) is 14.1. The summed E-state index contributed by atoms with van der Waals surface area (Å²) in [5.74, 6) is 1.41. The summed E-state index contributed by atoms with van der Waals surface area (Å²) in [5.41, 5.74) is 0.850. The summed E-state index contributed by atoms with van der Waals surface area (Å²) < 4.78 is 16.4. The van der Waals surface area contributed by atoms with Gasteiger partial charge in [0.15, 0.2) is 0 Å². The number of aliphatic imine (C=N–C) groups is 1. The molecule has 0 radical (unpaired) electrons. The van der Waals surface area contributed by atoms with E-state index in [2.05, 4.69) is 51.6 Å². The van der Waals surface area contributed by atoms with Crippen molar-refractivity contribution in [3.63, 3.8) is 0 Å². The van der Waals surface area contributed by atoms with Crippen LogP contribution in [-0.4, -0.2) is 57.5 Å². The molecule has 0 bridgehead atoms. The van der Waals surface area contributed by atoms with Gasteiger partial charge in [-0.1, -0.05) is 81.3 Å². The van der Waals surface area contributed by atoms with Crippen molar-refractivity contribution in [1.82, 2.24) is 20.4 Å². The standard InChI is InChI=1S/C35H55N5O5/c1-8-9-10-11-12-13-14-15-17-26-19-21-28(22-20-26)30-36-29(45-39-30)24-27-18-16-23-40(25-27)31(37-32(41)43-34(2,3)4)38-33(42)44-35(5,6)7/h19-22,27H,8-18,23-25H2,1-7H3,(H,37,38,41,42)/t27-/m0/s1. The van der Waals surface area contributed by atoms with Crippen LogP contribution in [-0.2, 0) is 22.3 Å². The Kier molecular flexibility index (Phi) is 13.9. The number of nitrogens with one attached hydrogen (secondary N) is 1. The zero-order valence-electron chi connectivity index (χ0n) is 28.6. The van der Waals surface area contributed by atoms with Gasteiger partial charge in [-0.2, -0.15) is 4.98 Å². The van der Waals surface area contributed by atoms with Gasteiger partial charge >= 0.3 is 12.2 Å². The minimum absolute atomic E-state index is 0.112. The Morgan fingerprint density at radius 1 is 0.956 bits per heavy atom. The molecule has 2 heterocycles. The van der Waals surface area contributed by atoms with Gasteiger partial charge in [0, 0.05) is 25.1 Å². The number of hydrogen-bond acceptors (Lipinski definition) is 7. The molecule has 1 aromatic heterocycles. The number of piperidine rings is 1. The largest absolute Gasteiger partial charge is 0.444 e. The fraction of sp³-hybridized carbons (Fsp3) is 0.686. The number of aromatic nitrogens is 2.